The minimum atomic E-state index is -1.34. The van der Waals surface area contributed by atoms with Crippen molar-refractivity contribution >= 4 is 23.3 Å². The summed E-state index contributed by atoms with van der Waals surface area (Å²) in [5.41, 5.74) is -0.390. The molecule has 1 heterocycles. The molecule has 29 heavy (non-hydrogen) atoms. The molecular formula is C19H15FN4O5. The number of anilines is 1. The summed E-state index contributed by atoms with van der Waals surface area (Å²) in [6, 6.07) is 10.3. The minimum absolute atomic E-state index is 0.0371. The number of carbonyl (C=O) groups is 2. The topological polar surface area (TPSA) is 127 Å². The van der Waals surface area contributed by atoms with E-state index in [0.29, 0.717) is 0 Å². The SMILES string of the molecule is CCn1nc(-c2cccc(F)c2)c(NC(=O)c2cccc([N+](=O)[O-])c2)c1C(=O)O. The van der Waals surface area contributed by atoms with E-state index in [1.807, 2.05) is 0 Å². The maximum atomic E-state index is 13.7. The number of hydrogen-bond acceptors (Lipinski definition) is 5. The number of carboxylic acid groups (broad SMARTS) is 1. The summed E-state index contributed by atoms with van der Waals surface area (Å²) >= 11 is 0. The lowest BCUT2D eigenvalue weighted by Crippen LogP contribution is -2.16. The molecule has 3 rings (SSSR count). The van der Waals surface area contributed by atoms with Gasteiger partial charge < -0.3 is 10.4 Å². The monoisotopic (exact) mass is 398 g/mol. The average molecular weight is 398 g/mol. The number of nitro groups is 1. The van der Waals surface area contributed by atoms with Gasteiger partial charge >= 0.3 is 5.97 Å². The van der Waals surface area contributed by atoms with Crippen LogP contribution in [-0.2, 0) is 6.54 Å². The van der Waals surface area contributed by atoms with Gasteiger partial charge in [-0.25, -0.2) is 9.18 Å². The molecule has 0 aliphatic rings. The highest BCUT2D eigenvalue weighted by Gasteiger charge is 2.26. The summed E-state index contributed by atoms with van der Waals surface area (Å²) < 4.78 is 14.9. The summed E-state index contributed by atoms with van der Waals surface area (Å²) in [5, 5.41) is 27.2. The van der Waals surface area contributed by atoms with Gasteiger partial charge in [-0.2, -0.15) is 5.10 Å². The Morgan fingerprint density at radius 1 is 1.24 bits per heavy atom. The number of aryl methyl sites for hydroxylation is 1. The van der Waals surface area contributed by atoms with Gasteiger partial charge in [-0.1, -0.05) is 18.2 Å². The lowest BCUT2D eigenvalue weighted by atomic mass is 10.1. The molecule has 0 aliphatic carbocycles. The van der Waals surface area contributed by atoms with E-state index in [1.165, 1.54) is 41.1 Å². The van der Waals surface area contributed by atoms with Crippen LogP contribution < -0.4 is 5.32 Å². The smallest absolute Gasteiger partial charge is 0.356 e. The summed E-state index contributed by atoms with van der Waals surface area (Å²) in [5.74, 6) is -2.65. The Kier molecular flexibility index (Phi) is 5.35. The van der Waals surface area contributed by atoms with Crippen LogP contribution in [0, 0.1) is 15.9 Å². The molecular weight excluding hydrogens is 383 g/mol. The number of aromatic nitrogens is 2. The van der Waals surface area contributed by atoms with Crippen LogP contribution in [0.3, 0.4) is 0 Å². The maximum absolute atomic E-state index is 13.7. The first-order valence-electron chi connectivity index (χ1n) is 8.47. The quantitative estimate of drug-likeness (QED) is 0.483. The molecule has 148 valence electrons. The minimum Gasteiger partial charge on any atom is -0.476 e. The third kappa shape index (κ3) is 3.95. The molecule has 2 N–H and O–H groups in total. The van der Waals surface area contributed by atoms with Crippen molar-refractivity contribution in [2.45, 2.75) is 13.5 Å². The van der Waals surface area contributed by atoms with Crippen LogP contribution in [0.5, 0.6) is 0 Å². The third-order valence-corrected chi connectivity index (χ3v) is 4.11. The van der Waals surface area contributed by atoms with Gasteiger partial charge in [-0.3, -0.25) is 19.6 Å². The van der Waals surface area contributed by atoms with Crippen LogP contribution in [0.1, 0.15) is 27.8 Å². The van der Waals surface area contributed by atoms with Gasteiger partial charge in [0, 0.05) is 29.8 Å². The standard InChI is InChI=1S/C19H15FN4O5/c1-2-23-17(19(26)27)16(15(22-23)11-5-3-7-13(20)9-11)21-18(25)12-6-4-8-14(10-12)24(28)29/h3-10H,2H2,1H3,(H,21,25)(H,26,27). The third-order valence-electron chi connectivity index (χ3n) is 4.11. The van der Waals surface area contributed by atoms with E-state index in [2.05, 4.69) is 10.4 Å². The normalized spacial score (nSPS) is 10.6. The van der Waals surface area contributed by atoms with Gasteiger partial charge in [0.25, 0.3) is 11.6 Å². The van der Waals surface area contributed by atoms with E-state index >= 15 is 0 Å². The highest BCUT2D eigenvalue weighted by atomic mass is 19.1. The molecule has 2 aromatic carbocycles. The molecule has 9 nitrogen and oxygen atoms in total. The zero-order valence-corrected chi connectivity index (χ0v) is 15.1. The highest BCUT2D eigenvalue weighted by molar-refractivity contribution is 6.10. The van der Waals surface area contributed by atoms with Crippen molar-refractivity contribution < 1.29 is 24.0 Å². The first-order valence-corrected chi connectivity index (χ1v) is 8.47. The van der Waals surface area contributed by atoms with E-state index in [1.54, 1.807) is 6.92 Å². The van der Waals surface area contributed by atoms with Crippen molar-refractivity contribution in [3.63, 3.8) is 0 Å². The first kappa shape index (κ1) is 19.7. The molecule has 3 aromatic rings. The number of amides is 1. The zero-order chi connectivity index (χ0) is 21.1. The van der Waals surface area contributed by atoms with Gasteiger partial charge in [0.15, 0.2) is 5.69 Å². The maximum Gasteiger partial charge on any atom is 0.356 e. The second-order valence-corrected chi connectivity index (χ2v) is 5.97. The number of nitrogens with zero attached hydrogens (tertiary/aromatic N) is 3. The average Bonchev–Trinajstić information content (AvgIpc) is 3.06. The Balaban J connectivity index is 2.11. The molecule has 0 radical (unpaired) electrons. The molecule has 1 amide bonds. The van der Waals surface area contributed by atoms with Crippen LogP contribution in [-0.4, -0.2) is 31.7 Å². The Morgan fingerprint density at radius 3 is 2.59 bits per heavy atom. The number of rotatable bonds is 6. The van der Waals surface area contributed by atoms with Crippen LogP contribution in [0.15, 0.2) is 48.5 Å². The fraction of sp³-hybridized carbons (Fsp3) is 0.105. The molecule has 0 atom stereocenters. The Labute approximate surface area is 163 Å². The summed E-state index contributed by atoms with van der Waals surface area (Å²) in [6.45, 7) is 1.86. The van der Waals surface area contributed by atoms with Crippen molar-refractivity contribution in [2.75, 3.05) is 5.32 Å². The number of non-ortho nitro benzene ring substituents is 1. The number of nitro benzene ring substituents is 1. The number of nitrogens with one attached hydrogen (secondary N) is 1. The highest BCUT2D eigenvalue weighted by Crippen LogP contribution is 2.32. The van der Waals surface area contributed by atoms with Crippen molar-refractivity contribution in [1.29, 1.82) is 0 Å². The fourth-order valence-electron chi connectivity index (χ4n) is 2.81. The molecule has 10 heteroatoms. The number of halogens is 1. The van der Waals surface area contributed by atoms with Crippen molar-refractivity contribution in [3.05, 3.63) is 75.7 Å². The molecule has 0 aliphatic heterocycles. The van der Waals surface area contributed by atoms with Gasteiger partial charge in [0.1, 0.15) is 17.2 Å². The summed E-state index contributed by atoms with van der Waals surface area (Å²) in [6.07, 6.45) is 0. The van der Waals surface area contributed by atoms with Crippen molar-refractivity contribution in [2.24, 2.45) is 0 Å². The van der Waals surface area contributed by atoms with Crippen LogP contribution in [0.25, 0.3) is 11.3 Å². The molecule has 0 saturated carbocycles. The van der Waals surface area contributed by atoms with Crippen LogP contribution in [0.4, 0.5) is 15.8 Å². The van der Waals surface area contributed by atoms with E-state index in [4.69, 9.17) is 0 Å². The fourth-order valence-corrected chi connectivity index (χ4v) is 2.81. The second kappa shape index (κ2) is 7.89. The van der Waals surface area contributed by atoms with E-state index in [9.17, 15) is 29.2 Å². The number of carbonyl (C=O) groups excluding carboxylic acids is 1. The Bertz CT molecular complexity index is 1130. The van der Waals surface area contributed by atoms with Gasteiger partial charge in [0.2, 0.25) is 0 Å². The summed E-state index contributed by atoms with van der Waals surface area (Å²) in [4.78, 5) is 34.8. The lowest BCUT2D eigenvalue weighted by molar-refractivity contribution is -0.384. The van der Waals surface area contributed by atoms with Crippen molar-refractivity contribution in [1.82, 2.24) is 9.78 Å². The number of carboxylic acids is 1. The predicted octanol–water partition coefficient (Wildman–Crippen LogP) is 3.57. The van der Waals surface area contributed by atoms with Gasteiger partial charge in [-0.05, 0) is 25.1 Å². The molecule has 0 fully saturated rings. The number of aromatic carboxylic acids is 1. The van der Waals surface area contributed by atoms with E-state index < -0.39 is 22.6 Å². The molecule has 0 unspecified atom stereocenters. The first-order chi connectivity index (χ1) is 13.8. The second-order valence-electron chi connectivity index (χ2n) is 5.97. The van der Waals surface area contributed by atoms with Crippen molar-refractivity contribution in [3.8, 4) is 11.3 Å². The van der Waals surface area contributed by atoms with E-state index in [-0.39, 0.29) is 40.4 Å². The van der Waals surface area contributed by atoms with Crippen LogP contribution >= 0.6 is 0 Å². The summed E-state index contributed by atoms with van der Waals surface area (Å²) in [7, 11) is 0. The molecule has 0 saturated heterocycles. The number of hydrogen-bond donors (Lipinski definition) is 2. The van der Waals surface area contributed by atoms with Crippen LogP contribution in [0.2, 0.25) is 0 Å². The predicted molar refractivity (Wildman–Crippen MR) is 101 cm³/mol. The van der Waals surface area contributed by atoms with Gasteiger partial charge in [-0.15, -0.1) is 0 Å². The lowest BCUT2D eigenvalue weighted by Gasteiger charge is -2.08. The Hall–Kier alpha value is -4.08. The zero-order valence-electron chi connectivity index (χ0n) is 15.1. The number of benzene rings is 2. The largest absolute Gasteiger partial charge is 0.476 e. The van der Waals surface area contributed by atoms with Gasteiger partial charge in [0.05, 0.1) is 4.92 Å². The molecule has 0 spiro atoms. The van der Waals surface area contributed by atoms with E-state index in [0.717, 1.165) is 12.1 Å². The Morgan fingerprint density at radius 2 is 1.97 bits per heavy atom. The molecule has 1 aromatic heterocycles. The molecule has 0 bridgehead atoms.